The van der Waals surface area contributed by atoms with Crippen LogP contribution in [0.15, 0.2) is 0 Å². The van der Waals surface area contributed by atoms with Gasteiger partial charge in [0.15, 0.2) is 0 Å². The van der Waals surface area contributed by atoms with Crippen LogP contribution < -0.4 is 0 Å². The maximum absolute atomic E-state index is 8.00. The third-order valence-corrected chi connectivity index (χ3v) is 0. The van der Waals surface area contributed by atoms with Crippen LogP contribution in [0.4, 0.5) is 0 Å². The van der Waals surface area contributed by atoms with Gasteiger partial charge in [-0.25, -0.2) is 0 Å². The van der Waals surface area contributed by atoms with Gasteiger partial charge in [-0.2, -0.15) is 0 Å². The fraction of sp³-hybridized carbons (Fsp3) is 1.00. The predicted molar refractivity (Wildman–Crippen MR) is 16.7 cm³/mol. The molecule has 34 valence electrons. The molecule has 0 aromatic heterocycles. The maximum atomic E-state index is 8.00. The Morgan fingerprint density at radius 1 is 1.40 bits per heavy atom. The molecule has 0 radical (unpaired) electrons. The fourth-order valence-electron chi connectivity index (χ4n) is 0. The van der Waals surface area contributed by atoms with Gasteiger partial charge in [0.25, 0.3) is 0 Å². The van der Waals surface area contributed by atoms with Gasteiger partial charge in [-0.15, -0.1) is 0 Å². The van der Waals surface area contributed by atoms with Gasteiger partial charge in [0.05, 0.1) is 0 Å². The summed E-state index contributed by atoms with van der Waals surface area (Å²) in [5.41, 5.74) is 0. The zero-order chi connectivity index (χ0) is 4.71. The van der Waals surface area contributed by atoms with Gasteiger partial charge in [-0.05, 0) is 0 Å². The van der Waals surface area contributed by atoms with Crippen LogP contribution in [0.2, 0.25) is 0 Å². The Labute approximate surface area is 40.8 Å². The minimum absolute atomic E-state index is 1.25. The molecule has 0 fully saturated rings. The van der Waals surface area contributed by atoms with Crippen LogP contribution >= 0.6 is 0 Å². The first-order valence-corrected chi connectivity index (χ1v) is 2.01. The Morgan fingerprint density at radius 2 is 1.40 bits per heavy atom. The third kappa shape index (κ3) is 228. The molecule has 0 saturated heterocycles. The average molecular weight is 116 g/mol. The van der Waals surface area contributed by atoms with E-state index in [1.165, 1.54) is 6.42 Å². The summed E-state index contributed by atoms with van der Waals surface area (Å²) in [6, 6.07) is 0. The van der Waals surface area contributed by atoms with Crippen LogP contribution in [0.5, 0.6) is 0 Å². The number of rotatable bonds is 0. The van der Waals surface area contributed by atoms with Gasteiger partial charge in [-0.3, -0.25) is 0 Å². The van der Waals surface area contributed by atoms with Crippen LogP contribution in [-0.2, 0) is 19.8 Å². The molecule has 0 spiro atoms. The molecule has 0 aromatic rings. The summed E-state index contributed by atoms with van der Waals surface area (Å²) in [6.07, 6.45) is 1.25. The first-order chi connectivity index (χ1) is 2.41. The van der Waals surface area contributed by atoms with Crippen molar-refractivity contribution in [3.63, 3.8) is 0 Å². The van der Waals surface area contributed by atoms with Crippen molar-refractivity contribution in [2.45, 2.75) is 20.3 Å². The quantitative estimate of drug-likeness (QED) is 0.436. The fourth-order valence-corrected chi connectivity index (χ4v) is 0. The van der Waals surface area contributed by atoms with Crippen LogP contribution in [0.25, 0.3) is 0 Å². The molecule has 0 unspecified atom stereocenters. The van der Waals surface area contributed by atoms with Crippen molar-refractivity contribution in [3.8, 4) is 0 Å². The van der Waals surface area contributed by atoms with E-state index in [1.807, 2.05) is 15.9 Å². The van der Waals surface area contributed by atoms with Crippen molar-refractivity contribution in [1.82, 2.24) is 0 Å². The van der Waals surface area contributed by atoms with E-state index < -0.39 is 0 Å². The topological polar surface area (TPSA) is 17.1 Å². The molecule has 0 N–H and O–H groups in total. The van der Waals surface area contributed by atoms with Crippen molar-refractivity contribution in [1.29, 1.82) is 0 Å². The van der Waals surface area contributed by atoms with E-state index in [9.17, 15) is 0 Å². The van der Waals surface area contributed by atoms with Crippen molar-refractivity contribution >= 4 is 0 Å². The van der Waals surface area contributed by atoms with Gasteiger partial charge in [0, 0.05) is 0 Å². The molecule has 0 amide bonds. The molecule has 0 atom stereocenters. The van der Waals surface area contributed by atoms with Crippen LogP contribution in [0, 0.1) is 0 Å². The monoisotopic (exact) mass is 116 g/mol. The normalized spacial score (nSPS) is 4.60. The molecular formula is C3H8FeO. The molecule has 0 rings (SSSR count). The van der Waals surface area contributed by atoms with E-state index in [4.69, 9.17) is 3.83 Å². The Balaban J connectivity index is 0. The summed E-state index contributed by atoms with van der Waals surface area (Å²) in [7, 11) is 0. The summed E-state index contributed by atoms with van der Waals surface area (Å²) in [5, 5.41) is 0. The molecule has 2 heteroatoms. The summed E-state index contributed by atoms with van der Waals surface area (Å²) >= 11 is 2.00. The molecule has 1 nitrogen and oxygen atoms in total. The summed E-state index contributed by atoms with van der Waals surface area (Å²) < 4.78 is 8.00. The molecule has 0 heterocycles. The Bertz CT molecular complexity index is 10.9. The second kappa shape index (κ2) is 27.3. The van der Waals surface area contributed by atoms with Crippen molar-refractivity contribution in [2.75, 3.05) is 0 Å². The average Bonchev–Trinajstić information content (AvgIpc) is 1.46. The zero-order valence-corrected chi connectivity index (χ0v) is 4.57. The van der Waals surface area contributed by atoms with Crippen LogP contribution in [0.3, 0.4) is 0 Å². The molecule has 0 aromatic carbocycles. The van der Waals surface area contributed by atoms with Crippen LogP contribution in [-0.4, -0.2) is 0 Å². The molecular weight excluding hydrogens is 108 g/mol. The third-order valence-electron chi connectivity index (χ3n) is 0. The van der Waals surface area contributed by atoms with Crippen molar-refractivity contribution in [2.24, 2.45) is 0 Å². The zero-order valence-electron chi connectivity index (χ0n) is 3.47. The number of hydrogen-bond acceptors (Lipinski definition) is 1. The Kier molecular flexibility index (Phi) is 49.2. The molecule has 0 aliphatic heterocycles. The van der Waals surface area contributed by atoms with E-state index in [1.54, 1.807) is 0 Å². The van der Waals surface area contributed by atoms with E-state index in [-0.39, 0.29) is 0 Å². The number of hydrogen-bond donors (Lipinski definition) is 0. The predicted octanol–water partition coefficient (Wildman–Crippen LogP) is 1.29. The van der Waals surface area contributed by atoms with Gasteiger partial charge in [0.1, 0.15) is 0 Å². The summed E-state index contributed by atoms with van der Waals surface area (Å²) in [5.74, 6) is 0. The van der Waals surface area contributed by atoms with Crippen molar-refractivity contribution in [3.05, 3.63) is 0 Å². The van der Waals surface area contributed by atoms with Gasteiger partial charge in [0.2, 0.25) is 0 Å². The summed E-state index contributed by atoms with van der Waals surface area (Å²) in [6.45, 7) is 4.25. The molecule has 0 aliphatic carbocycles. The van der Waals surface area contributed by atoms with Gasteiger partial charge < -0.3 is 0 Å². The Morgan fingerprint density at radius 3 is 1.40 bits per heavy atom. The standard InChI is InChI=1S/C3H8.Fe.O/c1-3-2;;/h3H2,1-2H3;;. The summed E-state index contributed by atoms with van der Waals surface area (Å²) in [4.78, 5) is 0. The van der Waals surface area contributed by atoms with E-state index in [0.29, 0.717) is 0 Å². The first kappa shape index (κ1) is 9.01. The van der Waals surface area contributed by atoms with Gasteiger partial charge in [-0.1, -0.05) is 20.3 Å². The molecule has 0 aliphatic rings. The first-order valence-electron chi connectivity index (χ1n) is 1.56. The molecule has 5 heavy (non-hydrogen) atoms. The van der Waals surface area contributed by atoms with E-state index in [2.05, 4.69) is 13.8 Å². The van der Waals surface area contributed by atoms with Gasteiger partial charge >= 0.3 is 19.8 Å². The van der Waals surface area contributed by atoms with Crippen LogP contribution in [0.1, 0.15) is 20.3 Å². The van der Waals surface area contributed by atoms with E-state index >= 15 is 0 Å². The minimum atomic E-state index is 1.25. The second-order valence-corrected chi connectivity index (χ2v) is 0.707. The van der Waals surface area contributed by atoms with Crippen molar-refractivity contribution < 1.29 is 19.8 Å². The molecule has 0 saturated carbocycles. The Hall–Kier alpha value is 0.319. The SMILES string of the molecule is CCC.[O]=[Fe]. The molecule has 0 bridgehead atoms. The second-order valence-electron chi connectivity index (χ2n) is 0.707. The van der Waals surface area contributed by atoms with E-state index in [0.717, 1.165) is 0 Å².